The normalized spacial score (nSPS) is 11.0. The molecule has 0 saturated heterocycles. The number of aryl methyl sites for hydroxylation is 2. The van der Waals surface area contributed by atoms with Gasteiger partial charge in [0, 0.05) is 13.1 Å². The third kappa shape index (κ3) is 2.83. The van der Waals surface area contributed by atoms with Gasteiger partial charge < -0.3 is 5.32 Å². The van der Waals surface area contributed by atoms with Gasteiger partial charge in [0.25, 0.3) is 0 Å². The second kappa shape index (κ2) is 5.93. The highest BCUT2D eigenvalue weighted by atomic mass is 35.5. The number of hydrogen-bond acceptors (Lipinski definition) is 2. The molecule has 2 rings (SSSR count). The Morgan fingerprint density at radius 1 is 1.19 bits per heavy atom. The molecule has 0 radical (unpaired) electrons. The summed E-state index contributed by atoms with van der Waals surface area (Å²) in [6.45, 7) is 1.73. The molecule has 0 aliphatic rings. The predicted molar refractivity (Wildman–Crippen MR) is 71.2 cm³/mol. The van der Waals surface area contributed by atoms with Crippen LogP contribution in [-0.2, 0) is 20.0 Å². The summed E-state index contributed by atoms with van der Waals surface area (Å²) in [6.07, 6.45) is 0.587. The maximum Gasteiger partial charge on any atom is 0.185 e. The van der Waals surface area contributed by atoms with Crippen LogP contribution in [0.3, 0.4) is 0 Å². The lowest BCUT2D eigenvalue weighted by Crippen LogP contribution is -2.10. The molecule has 0 aliphatic heterocycles. The molecule has 1 aromatic carbocycles. The zero-order valence-corrected chi connectivity index (χ0v) is 12.0. The van der Waals surface area contributed by atoms with E-state index in [0.29, 0.717) is 22.8 Å². The number of aromatic nitrogens is 2. The number of benzene rings is 1. The van der Waals surface area contributed by atoms with Crippen LogP contribution in [0.25, 0.3) is 0 Å². The highest BCUT2D eigenvalue weighted by Gasteiger charge is 2.20. The summed E-state index contributed by atoms with van der Waals surface area (Å²) in [4.78, 5) is 0. The number of nitrogens with one attached hydrogen (secondary N) is 1. The van der Waals surface area contributed by atoms with Gasteiger partial charge in [0.05, 0.1) is 23.0 Å². The molecule has 0 spiro atoms. The van der Waals surface area contributed by atoms with Crippen molar-refractivity contribution in [2.75, 3.05) is 5.32 Å². The quantitative estimate of drug-likeness (QED) is 0.685. The molecule has 0 saturated carbocycles. The molecule has 0 amide bonds. The predicted octanol–water partition coefficient (Wildman–Crippen LogP) is 3.80. The lowest BCUT2D eigenvalue weighted by Gasteiger charge is -2.10. The van der Waals surface area contributed by atoms with Crippen molar-refractivity contribution in [2.24, 2.45) is 7.05 Å². The van der Waals surface area contributed by atoms with Crippen molar-refractivity contribution in [1.82, 2.24) is 9.78 Å². The summed E-state index contributed by atoms with van der Waals surface area (Å²) in [5, 5.41) is 6.80. The maximum absolute atomic E-state index is 13.5. The largest absolute Gasteiger partial charge is 0.374 e. The first kappa shape index (κ1) is 15.6. The number of anilines is 1. The Morgan fingerprint density at radius 3 is 2.24 bits per heavy atom. The van der Waals surface area contributed by atoms with Crippen molar-refractivity contribution in [3.8, 4) is 0 Å². The van der Waals surface area contributed by atoms with Gasteiger partial charge in [-0.25, -0.2) is 17.6 Å². The van der Waals surface area contributed by atoms with E-state index in [1.807, 2.05) is 6.92 Å². The molecule has 0 aliphatic carbocycles. The van der Waals surface area contributed by atoms with Gasteiger partial charge in [-0.15, -0.1) is 0 Å². The van der Waals surface area contributed by atoms with Gasteiger partial charge in [0.2, 0.25) is 0 Å². The lowest BCUT2D eigenvalue weighted by atomic mass is 10.2. The van der Waals surface area contributed by atoms with Crippen LogP contribution >= 0.6 is 11.6 Å². The topological polar surface area (TPSA) is 29.9 Å². The minimum absolute atomic E-state index is 0.126. The lowest BCUT2D eigenvalue weighted by molar-refractivity contribution is 0.458. The van der Waals surface area contributed by atoms with Gasteiger partial charge in [-0.1, -0.05) is 18.5 Å². The van der Waals surface area contributed by atoms with Crippen LogP contribution in [0.2, 0.25) is 5.02 Å². The molecule has 0 unspecified atom stereocenters. The highest BCUT2D eigenvalue weighted by molar-refractivity contribution is 6.31. The second-order valence-electron chi connectivity index (χ2n) is 4.38. The van der Waals surface area contributed by atoms with Crippen molar-refractivity contribution in [2.45, 2.75) is 19.9 Å². The molecule has 3 nitrogen and oxygen atoms in total. The number of hydrogen-bond donors (Lipinski definition) is 1. The van der Waals surface area contributed by atoms with Crippen LogP contribution in [0.5, 0.6) is 0 Å². The summed E-state index contributed by atoms with van der Waals surface area (Å²) < 4.78 is 54.7. The molecule has 2 aromatic rings. The van der Waals surface area contributed by atoms with E-state index in [4.69, 9.17) is 11.6 Å². The summed E-state index contributed by atoms with van der Waals surface area (Å²) in [5.74, 6) is -5.91. The van der Waals surface area contributed by atoms with Crippen molar-refractivity contribution < 1.29 is 17.6 Å². The Labute approximate surface area is 123 Å². The van der Waals surface area contributed by atoms with Crippen LogP contribution < -0.4 is 5.32 Å². The first-order valence-electron chi connectivity index (χ1n) is 6.13. The Bertz CT molecular complexity index is 659. The molecule has 1 N–H and O–H groups in total. The van der Waals surface area contributed by atoms with E-state index < -0.39 is 29.0 Å². The summed E-state index contributed by atoms with van der Waals surface area (Å²) in [5.41, 5.74) is 0.210. The van der Waals surface area contributed by atoms with Crippen LogP contribution in [-0.4, -0.2) is 9.78 Å². The molecular formula is C13H12ClF4N3. The molecule has 1 aromatic heterocycles. The van der Waals surface area contributed by atoms with E-state index in [1.165, 1.54) is 4.68 Å². The highest BCUT2D eigenvalue weighted by Crippen LogP contribution is 2.26. The summed E-state index contributed by atoms with van der Waals surface area (Å²) >= 11 is 6.08. The van der Waals surface area contributed by atoms with Crippen molar-refractivity contribution in [1.29, 1.82) is 0 Å². The molecule has 0 atom stereocenters. The minimum Gasteiger partial charge on any atom is -0.374 e. The van der Waals surface area contributed by atoms with E-state index in [9.17, 15) is 17.6 Å². The van der Waals surface area contributed by atoms with E-state index >= 15 is 0 Å². The summed E-state index contributed by atoms with van der Waals surface area (Å²) in [6, 6.07) is 0.155. The average molecular weight is 322 g/mol. The van der Waals surface area contributed by atoms with Crippen molar-refractivity contribution in [3.05, 3.63) is 45.7 Å². The van der Waals surface area contributed by atoms with Crippen molar-refractivity contribution >= 4 is 17.3 Å². The van der Waals surface area contributed by atoms with Crippen LogP contribution in [0.1, 0.15) is 18.3 Å². The molecule has 21 heavy (non-hydrogen) atoms. The fourth-order valence-corrected chi connectivity index (χ4v) is 2.27. The van der Waals surface area contributed by atoms with Gasteiger partial charge in [-0.2, -0.15) is 5.10 Å². The van der Waals surface area contributed by atoms with Gasteiger partial charge >= 0.3 is 0 Å². The van der Waals surface area contributed by atoms with Gasteiger partial charge in [-0.3, -0.25) is 4.68 Å². The molecule has 8 heteroatoms. The van der Waals surface area contributed by atoms with E-state index in [2.05, 4.69) is 10.4 Å². The van der Waals surface area contributed by atoms with E-state index in [0.717, 1.165) is 0 Å². The molecule has 1 heterocycles. The molecule has 0 fully saturated rings. The maximum atomic E-state index is 13.5. The standard InChI is InChI=1S/C13H12ClF4N3/c1-3-8-10(14)9(21(2)20-8)5-19-13-11(17)6(15)4-7(16)12(13)18/h4,19H,3,5H2,1-2H3. The van der Waals surface area contributed by atoms with E-state index in [-0.39, 0.29) is 12.6 Å². The zero-order chi connectivity index (χ0) is 15.7. The number of nitrogens with zero attached hydrogens (tertiary/aromatic N) is 2. The monoisotopic (exact) mass is 321 g/mol. The third-order valence-electron chi connectivity index (χ3n) is 3.05. The zero-order valence-electron chi connectivity index (χ0n) is 11.3. The fourth-order valence-electron chi connectivity index (χ4n) is 1.91. The van der Waals surface area contributed by atoms with Gasteiger partial charge in [0.1, 0.15) is 5.69 Å². The molecular weight excluding hydrogens is 310 g/mol. The van der Waals surface area contributed by atoms with Crippen molar-refractivity contribution in [3.63, 3.8) is 0 Å². The Kier molecular flexibility index (Phi) is 4.41. The number of rotatable bonds is 4. The first-order chi connectivity index (χ1) is 9.86. The Morgan fingerprint density at radius 2 is 1.76 bits per heavy atom. The first-order valence-corrected chi connectivity index (χ1v) is 6.51. The van der Waals surface area contributed by atoms with E-state index in [1.54, 1.807) is 7.05 Å². The Hall–Kier alpha value is -1.76. The molecule has 114 valence electrons. The average Bonchev–Trinajstić information content (AvgIpc) is 2.72. The summed E-state index contributed by atoms with van der Waals surface area (Å²) in [7, 11) is 1.61. The van der Waals surface area contributed by atoms with Gasteiger partial charge in [-0.05, 0) is 6.42 Å². The van der Waals surface area contributed by atoms with Crippen LogP contribution in [0.4, 0.5) is 23.2 Å². The van der Waals surface area contributed by atoms with Crippen LogP contribution in [0.15, 0.2) is 6.07 Å². The number of halogens is 5. The molecule has 0 bridgehead atoms. The minimum atomic E-state index is -1.48. The Balaban J connectivity index is 2.31. The van der Waals surface area contributed by atoms with Crippen LogP contribution in [0, 0.1) is 23.3 Å². The fraction of sp³-hybridized carbons (Fsp3) is 0.308. The third-order valence-corrected chi connectivity index (χ3v) is 3.48. The smallest absolute Gasteiger partial charge is 0.185 e. The van der Waals surface area contributed by atoms with Gasteiger partial charge in [0.15, 0.2) is 23.3 Å². The second-order valence-corrected chi connectivity index (χ2v) is 4.76. The SMILES string of the molecule is CCc1nn(C)c(CNc2c(F)c(F)cc(F)c2F)c1Cl.